The topological polar surface area (TPSA) is 12.9 Å². The predicted molar refractivity (Wildman–Crippen MR) is 64.1 cm³/mol. The van der Waals surface area contributed by atoms with Gasteiger partial charge in [0.05, 0.1) is 10.5 Å². The number of rotatable bonds is 1. The number of halogens is 4. The highest BCUT2D eigenvalue weighted by Crippen LogP contribution is 2.33. The molecule has 16 heavy (non-hydrogen) atoms. The van der Waals surface area contributed by atoms with Crippen LogP contribution in [0.1, 0.15) is 17.7 Å². The number of aromatic nitrogens is 1. The molecule has 0 aliphatic carbocycles. The molecule has 5 heteroatoms. The summed E-state index contributed by atoms with van der Waals surface area (Å²) in [6.07, 6.45) is -2.62. The smallest absolute Gasteiger partial charge is 0.246 e. The molecule has 84 valence electrons. The fraction of sp³-hybridized carbons (Fsp3) is 0.182. The van der Waals surface area contributed by atoms with E-state index < -0.39 is 6.43 Å². The molecule has 2 aromatic rings. The zero-order valence-electron chi connectivity index (χ0n) is 8.27. The van der Waals surface area contributed by atoms with Crippen molar-refractivity contribution >= 4 is 38.4 Å². The zero-order valence-corrected chi connectivity index (χ0v) is 10.6. The van der Waals surface area contributed by atoms with E-state index in [1.165, 1.54) is 6.07 Å². The number of pyridine rings is 1. The van der Waals surface area contributed by atoms with Crippen molar-refractivity contribution in [1.82, 2.24) is 4.98 Å². The highest BCUT2D eigenvalue weighted by molar-refractivity contribution is 9.10. The molecule has 1 nitrogen and oxygen atoms in total. The van der Waals surface area contributed by atoms with E-state index in [4.69, 9.17) is 11.6 Å². The molecule has 1 aromatic carbocycles. The van der Waals surface area contributed by atoms with Crippen molar-refractivity contribution < 1.29 is 8.78 Å². The summed E-state index contributed by atoms with van der Waals surface area (Å²) in [5, 5.41) is 1.01. The zero-order chi connectivity index (χ0) is 11.9. The van der Waals surface area contributed by atoms with Crippen LogP contribution in [0.2, 0.25) is 5.02 Å². The van der Waals surface area contributed by atoms with Gasteiger partial charge in [-0.15, -0.1) is 0 Å². The fourth-order valence-electron chi connectivity index (χ4n) is 1.55. The van der Waals surface area contributed by atoms with E-state index in [-0.39, 0.29) is 5.69 Å². The van der Waals surface area contributed by atoms with Gasteiger partial charge < -0.3 is 0 Å². The van der Waals surface area contributed by atoms with E-state index in [9.17, 15) is 8.78 Å². The Morgan fingerprint density at radius 1 is 1.38 bits per heavy atom. The van der Waals surface area contributed by atoms with Gasteiger partial charge >= 0.3 is 0 Å². The molecule has 1 heterocycles. The summed E-state index contributed by atoms with van der Waals surface area (Å²) >= 11 is 9.27. The minimum absolute atomic E-state index is 0.302. The highest BCUT2D eigenvalue weighted by atomic mass is 79.9. The summed E-state index contributed by atoms with van der Waals surface area (Å²) in [4.78, 5) is 3.91. The van der Waals surface area contributed by atoms with Gasteiger partial charge in [-0.05, 0) is 40.5 Å². The van der Waals surface area contributed by atoms with Crippen molar-refractivity contribution in [1.29, 1.82) is 0 Å². The number of nitrogens with zero attached hydrogens (tertiary/aromatic N) is 1. The molecule has 0 radical (unpaired) electrons. The molecule has 1 aromatic heterocycles. The number of benzene rings is 1. The number of hydrogen-bond donors (Lipinski definition) is 0. The van der Waals surface area contributed by atoms with Gasteiger partial charge in [0.2, 0.25) is 0 Å². The third kappa shape index (κ3) is 1.92. The van der Waals surface area contributed by atoms with Gasteiger partial charge in [0.25, 0.3) is 6.43 Å². The SMILES string of the molecule is Cc1ccc(Br)c2nc(C(F)F)cc(Cl)c12. The molecule has 0 spiro atoms. The summed E-state index contributed by atoms with van der Waals surface area (Å²) in [5.74, 6) is 0. The lowest BCUT2D eigenvalue weighted by Crippen LogP contribution is -1.93. The van der Waals surface area contributed by atoms with Crippen LogP contribution in [0.15, 0.2) is 22.7 Å². The summed E-state index contributed by atoms with van der Waals surface area (Å²) in [5.41, 5.74) is 1.09. The number of aryl methyl sites for hydroxylation is 1. The second kappa shape index (κ2) is 4.26. The van der Waals surface area contributed by atoms with E-state index in [1.807, 2.05) is 13.0 Å². The first kappa shape index (κ1) is 11.7. The molecule has 2 rings (SSSR count). The average molecular weight is 307 g/mol. The molecular weight excluding hydrogens is 299 g/mol. The molecule has 0 N–H and O–H groups in total. The van der Waals surface area contributed by atoms with Crippen LogP contribution in [0.25, 0.3) is 10.9 Å². The first-order valence-corrected chi connectivity index (χ1v) is 5.71. The Labute approximate surface area is 105 Å². The lowest BCUT2D eigenvalue weighted by molar-refractivity contribution is 0.146. The standard InChI is InChI=1S/C11H7BrClF2N/c1-5-2-3-6(12)10-9(5)7(13)4-8(16-10)11(14)15/h2-4,11H,1H3. The van der Waals surface area contributed by atoms with Crippen molar-refractivity contribution in [2.45, 2.75) is 13.3 Å². The average Bonchev–Trinajstić information content (AvgIpc) is 2.22. The van der Waals surface area contributed by atoms with Crippen LogP contribution in [0.3, 0.4) is 0 Å². The molecule has 0 aliphatic rings. The van der Waals surface area contributed by atoms with Crippen molar-refractivity contribution in [3.8, 4) is 0 Å². The van der Waals surface area contributed by atoms with Gasteiger partial charge in [-0.1, -0.05) is 17.7 Å². The van der Waals surface area contributed by atoms with Crippen LogP contribution in [0.5, 0.6) is 0 Å². The molecule has 0 unspecified atom stereocenters. The maximum Gasteiger partial charge on any atom is 0.280 e. The van der Waals surface area contributed by atoms with Crippen molar-refractivity contribution in [2.24, 2.45) is 0 Å². The second-order valence-corrected chi connectivity index (χ2v) is 4.68. The Morgan fingerprint density at radius 3 is 2.69 bits per heavy atom. The van der Waals surface area contributed by atoms with Gasteiger partial charge in [0, 0.05) is 9.86 Å². The molecular formula is C11H7BrClF2N. The van der Waals surface area contributed by atoms with E-state index in [2.05, 4.69) is 20.9 Å². The van der Waals surface area contributed by atoms with Gasteiger partial charge in [-0.2, -0.15) is 0 Å². The molecule has 0 amide bonds. The van der Waals surface area contributed by atoms with Crippen LogP contribution < -0.4 is 0 Å². The van der Waals surface area contributed by atoms with Crippen LogP contribution in [0.4, 0.5) is 8.78 Å². The molecule has 0 bridgehead atoms. The first-order valence-electron chi connectivity index (χ1n) is 4.54. The second-order valence-electron chi connectivity index (χ2n) is 3.42. The van der Waals surface area contributed by atoms with Gasteiger partial charge in [0.1, 0.15) is 5.69 Å². The van der Waals surface area contributed by atoms with Gasteiger partial charge in [-0.3, -0.25) is 0 Å². The summed E-state index contributed by atoms with van der Waals surface area (Å²) in [6.45, 7) is 1.87. The fourth-order valence-corrected chi connectivity index (χ4v) is 2.32. The largest absolute Gasteiger partial charge is 0.280 e. The number of alkyl halides is 2. The molecule has 0 saturated carbocycles. The van der Waals surface area contributed by atoms with Crippen molar-refractivity contribution in [3.63, 3.8) is 0 Å². The van der Waals surface area contributed by atoms with Crippen LogP contribution >= 0.6 is 27.5 Å². The number of fused-ring (bicyclic) bond motifs is 1. The Balaban J connectivity index is 2.86. The Morgan fingerprint density at radius 2 is 2.06 bits per heavy atom. The van der Waals surface area contributed by atoms with Crippen LogP contribution in [-0.4, -0.2) is 4.98 Å². The minimum Gasteiger partial charge on any atom is -0.246 e. The van der Waals surface area contributed by atoms with Crippen LogP contribution in [-0.2, 0) is 0 Å². The van der Waals surface area contributed by atoms with Crippen LogP contribution in [0, 0.1) is 6.92 Å². The minimum atomic E-state index is -2.62. The predicted octanol–water partition coefficient (Wildman–Crippen LogP) is 4.90. The lowest BCUT2D eigenvalue weighted by Gasteiger charge is -2.08. The summed E-state index contributed by atoms with van der Waals surface area (Å²) in [6, 6.07) is 4.85. The van der Waals surface area contributed by atoms with E-state index >= 15 is 0 Å². The number of hydrogen-bond acceptors (Lipinski definition) is 1. The molecule has 0 fully saturated rings. The Kier molecular flexibility index (Phi) is 3.13. The van der Waals surface area contributed by atoms with Gasteiger partial charge in [0.15, 0.2) is 0 Å². The third-order valence-corrected chi connectivity index (χ3v) is 3.25. The van der Waals surface area contributed by atoms with E-state index in [0.717, 1.165) is 5.56 Å². The maximum atomic E-state index is 12.6. The molecule has 0 atom stereocenters. The lowest BCUT2D eigenvalue weighted by atomic mass is 10.1. The monoisotopic (exact) mass is 305 g/mol. The Bertz CT molecular complexity index is 557. The summed E-state index contributed by atoms with van der Waals surface area (Å²) < 4.78 is 25.8. The molecule has 0 saturated heterocycles. The molecule has 0 aliphatic heterocycles. The first-order chi connectivity index (χ1) is 7.50. The van der Waals surface area contributed by atoms with Gasteiger partial charge in [-0.25, -0.2) is 13.8 Å². The normalized spacial score (nSPS) is 11.4. The maximum absolute atomic E-state index is 12.6. The summed E-state index contributed by atoms with van der Waals surface area (Å²) in [7, 11) is 0. The third-order valence-electron chi connectivity index (χ3n) is 2.31. The van der Waals surface area contributed by atoms with E-state index in [0.29, 0.717) is 20.4 Å². The highest BCUT2D eigenvalue weighted by Gasteiger charge is 2.14. The Hall–Kier alpha value is -0.740. The van der Waals surface area contributed by atoms with Crippen molar-refractivity contribution in [2.75, 3.05) is 0 Å². The quantitative estimate of drug-likeness (QED) is 0.730. The van der Waals surface area contributed by atoms with Crippen molar-refractivity contribution in [3.05, 3.63) is 39.0 Å². The van der Waals surface area contributed by atoms with E-state index in [1.54, 1.807) is 6.07 Å².